The number of hydrogen-bond acceptors (Lipinski definition) is 2. The molecule has 1 aliphatic rings. The van der Waals surface area contributed by atoms with Gasteiger partial charge < -0.3 is 9.64 Å². The average Bonchev–Trinajstić information content (AvgIpc) is 1.77. The molecule has 0 saturated carbocycles. The highest BCUT2D eigenvalue weighted by atomic mass is 16.5. The minimum atomic E-state index is 0.274. The Bertz CT molecular complexity index is 99.2. The third-order valence-electron chi connectivity index (χ3n) is 1.38. The molecule has 0 aromatic carbocycles. The van der Waals surface area contributed by atoms with Crippen molar-refractivity contribution in [2.24, 2.45) is 0 Å². The predicted octanol–water partition coefficient (Wildman–Crippen LogP) is -0.226. The van der Waals surface area contributed by atoms with Crippen LogP contribution in [0.15, 0.2) is 0 Å². The molecule has 1 saturated heterocycles. The molecule has 0 N–H and O–H groups in total. The predicted molar refractivity (Wildman–Crippen MR) is 32.7 cm³/mol. The van der Waals surface area contributed by atoms with Crippen LogP contribution in [-0.2, 0) is 9.53 Å². The molecule has 9 heavy (non-hydrogen) atoms. The summed E-state index contributed by atoms with van der Waals surface area (Å²) in [5, 5.41) is 0. The molecule has 0 aromatic heterocycles. The molecule has 0 aromatic rings. The summed E-state index contributed by atoms with van der Waals surface area (Å²) >= 11 is 0. The quantitative estimate of drug-likeness (QED) is 0.525. The zero-order chi connectivity index (χ0) is 6.69. The van der Waals surface area contributed by atoms with Crippen LogP contribution in [0.3, 0.4) is 0 Å². The standard InChI is InChI=1S/C6H10NO2/c1-2-9-6-3-7(4-6)5-8/h6H,2-4H2,1H3. The van der Waals surface area contributed by atoms with Gasteiger partial charge in [-0.3, -0.25) is 4.79 Å². The van der Waals surface area contributed by atoms with Gasteiger partial charge in [0, 0.05) is 19.7 Å². The molecule has 1 rings (SSSR count). The topological polar surface area (TPSA) is 29.5 Å². The maximum Gasteiger partial charge on any atom is 0.312 e. The summed E-state index contributed by atoms with van der Waals surface area (Å²) in [4.78, 5) is 11.5. The van der Waals surface area contributed by atoms with Crippen LogP contribution >= 0.6 is 0 Å². The highest BCUT2D eigenvalue weighted by molar-refractivity contribution is 5.49. The van der Waals surface area contributed by atoms with Gasteiger partial charge in [0.25, 0.3) is 0 Å². The van der Waals surface area contributed by atoms with Gasteiger partial charge >= 0.3 is 6.41 Å². The Morgan fingerprint density at radius 1 is 1.78 bits per heavy atom. The van der Waals surface area contributed by atoms with Crippen molar-refractivity contribution >= 4 is 6.41 Å². The molecule has 3 nitrogen and oxygen atoms in total. The first-order valence-corrected chi connectivity index (χ1v) is 3.11. The number of likely N-dealkylation sites (tertiary alicyclic amines) is 1. The van der Waals surface area contributed by atoms with Gasteiger partial charge in [0.1, 0.15) is 0 Å². The Labute approximate surface area is 54.6 Å². The summed E-state index contributed by atoms with van der Waals surface area (Å²) in [6, 6.07) is 0. The largest absolute Gasteiger partial charge is 0.375 e. The Hall–Kier alpha value is -0.570. The number of nitrogens with zero attached hydrogens (tertiary/aromatic N) is 1. The molecule has 0 aliphatic carbocycles. The SMILES string of the molecule is CCOC1CN([C]=O)C1. The maximum absolute atomic E-state index is 9.88. The average molecular weight is 128 g/mol. The monoisotopic (exact) mass is 128 g/mol. The molecular weight excluding hydrogens is 118 g/mol. The van der Waals surface area contributed by atoms with Gasteiger partial charge in [0.2, 0.25) is 0 Å². The Morgan fingerprint density at radius 2 is 2.44 bits per heavy atom. The van der Waals surface area contributed by atoms with Gasteiger partial charge in [0.05, 0.1) is 6.10 Å². The van der Waals surface area contributed by atoms with E-state index < -0.39 is 0 Å². The van der Waals surface area contributed by atoms with E-state index in [4.69, 9.17) is 4.74 Å². The molecule has 1 aliphatic heterocycles. The molecule has 1 amide bonds. The van der Waals surface area contributed by atoms with Crippen LogP contribution in [0.2, 0.25) is 0 Å². The number of carbonyl (C=O) groups excluding carboxylic acids is 1. The lowest BCUT2D eigenvalue weighted by Crippen LogP contribution is -2.51. The second-order valence-electron chi connectivity index (χ2n) is 2.07. The van der Waals surface area contributed by atoms with Crippen molar-refractivity contribution in [1.82, 2.24) is 4.90 Å². The number of rotatable bonds is 3. The van der Waals surface area contributed by atoms with Crippen LogP contribution in [0.5, 0.6) is 0 Å². The fraction of sp³-hybridized carbons (Fsp3) is 0.833. The highest BCUT2D eigenvalue weighted by Gasteiger charge is 2.25. The Kier molecular flexibility index (Phi) is 2.05. The van der Waals surface area contributed by atoms with Gasteiger partial charge in [-0.15, -0.1) is 0 Å². The number of hydrogen-bond donors (Lipinski definition) is 0. The summed E-state index contributed by atoms with van der Waals surface area (Å²) in [6.07, 6.45) is 2.07. The van der Waals surface area contributed by atoms with Crippen molar-refractivity contribution in [3.8, 4) is 0 Å². The van der Waals surface area contributed by atoms with E-state index in [0.717, 1.165) is 19.7 Å². The minimum Gasteiger partial charge on any atom is -0.375 e. The maximum atomic E-state index is 9.88. The van der Waals surface area contributed by atoms with Crippen LogP contribution in [-0.4, -0.2) is 37.1 Å². The molecule has 51 valence electrons. The van der Waals surface area contributed by atoms with Crippen molar-refractivity contribution in [3.05, 3.63) is 0 Å². The molecule has 1 fully saturated rings. The third kappa shape index (κ3) is 1.42. The van der Waals surface area contributed by atoms with E-state index in [-0.39, 0.29) is 6.10 Å². The first kappa shape index (κ1) is 6.55. The van der Waals surface area contributed by atoms with Gasteiger partial charge in [0.15, 0.2) is 0 Å². The van der Waals surface area contributed by atoms with E-state index in [1.165, 1.54) is 0 Å². The normalized spacial score (nSPS) is 19.4. The molecule has 0 spiro atoms. The van der Waals surface area contributed by atoms with Crippen molar-refractivity contribution in [1.29, 1.82) is 0 Å². The van der Waals surface area contributed by atoms with Gasteiger partial charge in [-0.25, -0.2) is 0 Å². The van der Waals surface area contributed by atoms with Gasteiger partial charge in [-0.1, -0.05) is 0 Å². The van der Waals surface area contributed by atoms with E-state index in [1.807, 2.05) is 6.92 Å². The first-order valence-electron chi connectivity index (χ1n) is 3.11. The molecule has 1 radical (unpaired) electrons. The van der Waals surface area contributed by atoms with Crippen LogP contribution in [0.4, 0.5) is 0 Å². The lowest BCUT2D eigenvalue weighted by molar-refractivity contribution is -0.0201. The van der Waals surface area contributed by atoms with Crippen molar-refractivity contribution < 1.29 is 9.53 Å². The van der Waals surface area contributed by atoms with Gasteiger partial charge in [-0.2, -0.15) is 0 Å². The van der Waals surface area contributed by atoms with Crippen LogP contribution in [0.1, 0.15) is 6.92 Å². The van der Waals surface area contributed by atoms with Gasteiger partial charge in [-0.05, 0) is 6.92 Å². The molecule has 0 bridgehead atoms. The third-order valence-corrected chi connectivity index (χ3v) is 1.38. The molecule has 1 heterocycles. The lowest BCUT2D eigenvalue weighted by Gasteiger charge is -2.34. The number of amides is 1. The van der Waals surface area contributed by atoms with Crippen molar-refractivity contribution in [2.75, 3.05) is 19.7 Å². The Morgan fingerprint density at radius 3 is 2.89 bits per heavy atom. The van der Waals surface area contributed by atoms with Crippen LogP contribution in [0, 0.1) is 0 Å². The van der Waals surface area contributed by atoms with Crippen molar-refractivity contribution in [2.45, 2.75) is 13.0 Å². The lowest BCUT2D eigenvalue weighted by atomic mass is 10.2. The fourth-order valence-electron chi connectivity index (χ4n) is 0.854. The Balaban J connectivity index is 2.04. The highest BCUT2D eigenvalue weighted by Crippen LogP contribution is 2.07. The summed E-state index contributed by atoms with van der Waals surface area (Å²) in [5.41, 5.74) is 0. The second-order valence-corrected chi connectivity index (χ2v) is 2.07. The summed E-state index contributed by atoms with van der Waals surface area (Å²) in [5.74, 6) is 0. The van der Waals surface area contributed by atoms with E-state index in [1.54, 1.807) is 11.3 Å². The summed E-state index contributed by atoms with van der Waals surface area (Å²) in [7, 11) is 0. The summed E-state index contributed by atoms with van der Waals surface area (Å²) in [6.45, 7) is 4.12. The van der Waals surface area contributed by atoms with E-state index in [0.29, 0.717) is 0 Å². The van der Waals surface area contributed by atoms with E-state index >= 15 is 0 Å². The zero-order valence-corrected chi connectivity index (χ0v) is 5.46. The molecule has 0 atom stereocenters. The molecule has 0 unspecified atom stereocenters. The fourth-order valence-corrected chi connectivity index (χ4v) is 0.854. The first-order chi connectivity index (χ1) is 4.36. The minimum absolute atomic E-state index is 0.274. The summed E-state index contributed by atoms with van der Waals surface area (Å²) < 4.78 is 5.19. The zero-order valence-electron chi connectivity index (χ0n) is 5.46. The van der Waals surface area contributed by atoms with E-state index in [2.05, 4.69) is 0 Å². The van der Waals surface area contributed by atoms with Crippen molar-refractivity contribution in [3.63, 3.8) is 0 Å². The molecule has 3 heteroatoms. The smallest absolute Gasteiger partial charge is 0.312 e. The number of ether oxygens (including phenoxy) is 1. The second kappa shape index (κ2) is 2.82. The van der Waals surface area contributed by atoms with E-state index in [9.17, 15) is 4.79 Å². The molecular formula is C6H10NO2. The van der Waals surface area contributed by atoms with Crippen LogP contribution in [0.25, 0.3) is 0 Å². The van der Waals surface area contributed by atoms with Crippen LogP contribution < -0.4 is 0 Å².